The summed E-state index contributed by atoms with van der Waals surface area (Å²) in [6.45, 7) is 3.19. The Morgan fingerprint density at radius 3 is 2.20 bits per heavy atom. The minimum Gasteiger partial charge on any atom is -0.477 e. The van der Waals surface area contributed by atoms with Crippen molar-refractivity contribution in [1.29, 1.82) is 0 Å². The van der Waals surface area contributed by atoms with Crippen LogP contribution in [0.3, 0.4) is 0 Å². The van der Waals surface area contributed by atoms with Crippen molar-refractivity contribution in [3.8, 4) is 0 Å². The molecule has 0 fully saturated rings. The Hall–Kier alpha value is -1.30. The third-order valence-corrected chi connectivity index (χ3v) is 3.34. The number of hydrogen-bond acceptors (Lipinski definition) is 1. The van der Waals surface area contributed by atoms with Crippen molar-refractivity contribution in [1.82, 2.24) is 0 Å². The second-order valence-electron chi connectivity index (χ2n) is 3.21. The van der Waals surface area contributed by atoms with Gasteiger partial charge in [-0.15, -0.1) is 0 Å². The van der Waals surface area contributed by atoms with Crippen LogP contribution in [0, 0.1) is 17.5 Å². The van der Waals surface area contributed by atoms with Crippen molar-refractivity contribution < 1.29 is 23.1 Å². The molecule has 15 heavy (non-hydrogen) atoms. The van der Waals surface area contributed by atoms with Gasteiger partial charge in [0.25, 0.3) is 0 Å². The topological polar surface area (TPSA) is 37.3 Å². The number of carboxylic acid groups (broad SMARTS) is 1. The fourth-order valence-corrected chi connectivity index (χ4v) is 2.36. The summed E-state index contributed by atoms with van der Waals surface area (Å²) >= 11 is 0. The molecule has 0 bridgehead atoms. The minimum absolute atomic E-state index is 0.307. The first kappa shape index (κ1) is 11.8. The van der Waals surface area contributed by atoms with Gasteiger partial charge in [-0.3, -0.25) is 0 Å². The monoisotopic (exact) mass is 233 g/mol. The van der Waals surface area contributed by atoms with Crippen molar-refractivity contribution in [2.24, 2.45) is 0 Å². The van der Waals surface area contributed by atoms with E-state index in [9.17, 15) is 18.0 Å². The van der Waals surface area contributed by atoms with Crippen LogP contribution in [0.5, 0.6) is 0 Å². The summed E-state index contributed by atoms with van der Waals surface area (Å²) in [5.41, 5.74) is -1.09. The van der Waals surface area contributed by atoms with Gasteiger partial charge in [-0.25, -0.2) is 18.0 Å². The summed E-state index contributed by atoms with van der Waals surface area (Å²) in [7, 11) is -1.52. The molecule has 1 aromatic carbocycles. The summed E-state index contributed by atoms with van der Waals surface area (Å²) in [6, 6.07) is 0.416. The number of aromatic carboxylic acids is 1. The molecule has 0 aliphatic rings. The molecule has 0 amide bonds. The molecular weight excluding hydrogens is 225 g/mol. The number of halogens is 3. The van der Waals surface area contributed by atoms with Crippen LogP contribution in [-0.2, 0) is 0 Å². The molecule has 0 saturated carbocycles. The second kappa shape index (κ2) is 4.06. The number of benzene rings is 1. The first-order chi connectivity index (χ1) is 6.86. The van der Waals surface area contributed by atoms with E-state index >= 15 is 0 Å². The highest BCUT2D eigenvalue weighted by Crippen LogP contribution is 2.14. The summed E-state index contributed by atoms with van der Waals surface area (Å²) in [6.07, 6.45) is 0. The normalized spacial score (nSPS) is 10.8. The largest absolute Gasteiger partial charge is 0.477 e. The average Bonchev–Trinajstić information content (AvgIpc) is 1.99. The van der Waals surface area contributed by atoms with Gasteiger partial charge in [0.05, 0.1) is 8.80 Å². The molecular formula is C9H8F3O2Si. The van der Waals surface area contributed by atoms with E-state index in [-0.39, 0.29) is 5.19 Å². The molecule has 6 heteroatoms. The van der Waals surface area contributed by atoms with Crippen molar-refractivity contribution in [2.45, 2.75) is 13.1 Å². The van der Waals surface area contributed by atoms with Crippen molar-refractivity contribution >= 4 is 20.0 Å². The Balaban J connectivity index is 3.56. The average molecular weight is 233 g/mol. The number of hydrogen-bond donors (Lipinski definition) is 1. The Morgan fingerprint density at radius 2 is 1.80 bits per heavy atom. The van der Waals surface area contributed by atoms with Gasteiger partial charge in [-0.2, -0.15) is 0 Å². The highest BCUT2D eigenvalue weighted by atomic mass is 28.3. The van der Waals surface area contributed by atoms with E-state index in [1.165, 1.54) is 0 Å². The number of rotatable bonds is 2. The lowest BCUT2D eigenvalue weighted by molar-refractivity contribution is 0.0686. The molecule has 1 N–H and O–H groups in total. The van der Waals surface area contributed by atoms with Gasteiger partial charge in [-0.1, -0.05) is 13.1 Å². The van der Waals surface area contributed by atoms with Gasteiger partial charge in [0.15, 0.2) is 0 Å². The molecule has 0 heterocycles. The molecule has 0 atom stereocenters. The predicted molar refractivity (Wildman–Crippen MR) is 50.4 cm³/mol. The zero-order chi connectivity index (χ0) is 11.7. The van der Waals surface area contributed by atoms with Gasteiger partial charge in [0.2, 0.25) is 0 Å². The van der Waals surface area contributed by atoms with Gasteiger partial charge in [0.1, 0.15) is 23.0 Å². The Labute approximate surface area is 86.0 Å². The van der Waals surface area contributed by atoms with Crippen LogP contribution in [0.15, 0.2) is 6.07 Å². The Morgan fingerprint density at radius 1 is 1.27 bits per heavy atom. The number of carbonyl (C=O) groups is 1. The highest BCUT2D eigenvalue weighted by Gasteiger charge is 2.25. The molecule has 0 unspecified atom stereocenters. The quantitative estimate of drug-likeness (QED) is 0.790. The van der Waals surface area contributed by atoms with E-state index in [1.54, 1.807) is 13.1 Å². The zero-order valence-corrected chi connectivity index (χ0v) is 9.07. The van der Waals surface area contributed by atoms with Gasteiger partial charge in [-0.05, 0) is 0 Å². The number of carboxylic acids is 1. The summed E-state index contributed by atoms with van der Waals surface area (Å²) in [5.74, 6) is -5.42. The minimum atomic E-state index is -1.73. The van der Waals surface area contributed by atoms with E-state index in [0.29, 0.717) is 6.07 Å². The molecule has 0 spiro atoms. The van der Waals surface area contributed by atoms with Crippen LogP contribution < -0.4 is 5.19 Å². The van der Waals surface area contributed by atoms with Crippen LogP contribution in [0.2, 0.25) is 13.1 Å². The first-order valence-corrected chi connectivity index (χ1v) is 6.57. The summed E-state index contributed by atoms with van der Waals surface area (Å²) in [4.78, 5) is 10.5. The SMILES string of the molecule is C[Si](C)c1c(F)cc(F)c(C(=O)O)c1F. The molecule has 0 aromatic heterocycles. The van der Waals surface area contributed by atoms with Gasteiger partial charge < -0.3 is 5.11 Å². The van der Waals surface area contributed by atoms with E-state index in [2.05, 4.69) is 0 Å². The fraction of sp³-hybridized carbons (Fsp3) is 0.222. The molecule has 0 aliphatic carbocycles. The van der Waals surface area contributed by atoms with E-state index in [4.69, 9.17) is 5.11 Å². The molecule has 0 saturated heterocycles. The van der Waals surface area contributed by atoms with E-state index < -0.39 is 37.8 Å². The zero-order valence-electron chi connectivity index (χ0n) is 8.07. The standard InChI is InChI=1S/C9H8F3O2Si/c1-15(2)8-5(11)3-4(10)6(7(8)12)9(13)14/h3H,1-2H3,(H,13,14). The summed E-state index contributed by atoms with van der Waals surface area (Å²) < 4.78 is 39.6. The third kappa shape index (κ3) is 2.04. The summed E-state index contributed by atoms with van der Waals surface area (Å²) in [5, 5.41) is 8.25. The van der Waals surface area contributed by atoms with Crippen molar-refractivity contribution in [2.75, 3.05) is 0 Å². The maximum absolute atomic E-state index is 13.5. The molecule has 1 rings (SSSR count). The highest BCUT2D eigenvalue weighted by molar-refractivity contribution is 6.71. The molecule has 0 aliphatic heterocycles. The van der Waals surface area contributed by atoms with Crippen LogP contribution in [-0.4, -0.2) is 19.9 Å². The molecule has 2 nitrogen and oxygen atoms in total. The van der Waals surface area contributed by atoms with Crippen LogP contribution >= 0.6 is 0 Å². The Bertz CT molecular complexity index is 418. The van der Waals surface area contributed by atoms with Crippen molar-refractivity contribution in [3.63, 3.8) is 0 Å². The molecule has 81 valence electrons. The van der Waals surface area contributed by atoms with Crippen LogP contribution in [0.4, 0.5) is 13.2 Å². The van der Waals surface area contributed by atoms with E-state index in [1.807, 2.05) is 0 Å². The Kier molecular flexibility index (Phi) is 3.18. The smallest absolute Gasteiger partial charge is 0.341 e. The van der Waals surface area contributed by atoms with Crippen LogP contribution in [0.1, 0.15) is 10.4 Å². The molecule has 1 radical (unpaired) electrons. The van der Waals surface area contributed by atoms with Crippen LogP contribution in [0.25, 0.3) is 0 Å². The lowest BCUT2D eigenvalue weighted by atomic mass is 10.2. The maximum atomic E-state index is 13.5. The predicted octanol–water partition coefficient (Wildman–Crippen LogP) is 1.76. The fourth-order valence-electron chi connectivity index (χ4n) is 1.24. The maximum Gasteiger partial charge on any atom is 0.341 e. The lowest BCUT2D eigenvalue weighted by Crippen LogP contribution is -2.32. The second-order valence-corrected chi connectivity index (χ2v) is 5.71. The first-order valence-electron chi connectivity index (χ1n) is 4.07. The van der Waals surface area contributed by atoms with Gasteiger partial charge >= 0.3 is 5.97 Å². The van der Waals surface area contributed by atoms with E-state index in [0.717, 1.165) is 0 Å². The van der Waals surface area contributed by atoms with Gasteiger partial charge in [0, 0.05) is 11.3 Å². The third-order valence-electron chi connectivity index (χ3n) is 1.88. The molecule has 1 aromatic rings. The van der Waals surface area contributed by atoms with Crippen molar-refractivity contribution in [3.05, 3.63) is 29.1 Å². The lowest BCUT2D eigenvalue weighted by Gasteiger charge is -2.10.